The topological polar surface area (TPSA) is 92.5 Å². The van der Waals surface area contributed by atoms with Gasteiger partial charge >= 0.3 is 0 Å². The van der Waals surface area contributed by atoms with Crippen molar-refractivity contribution in [3.8, 4) is 17.2 Å². The first-order valence-electron chi connectivity index (χ1n) is 10.7. The first-order valence-corrected chi connectivity index (χ1v) is 11.5. The highest BCUT2D eigenvalue weighted by Crippen LogP contribution is 2.38. The highest BCUT2D eigenvalue weighted by atomic mass is 32.2. The highest BCUT2D eigenvalue weighted by Gasteiger charge is 2.21. The number of rotatable bonds is 7. The summed E-state index contributed by atoms with van der Waals surface area (Å²) in [6, 6.07) is 10.9. The number of nitrogens with two attached hydrogens (primary N) is 1. The predicted molar refractivity (Wildman–Crippen MR) is 133 cm³/mol. The van der Waals surface area contributed by atoms with Crippen molar-refractivity contribution in [2.45, 2.75) is 60.5 Å². The number of hydrogen-bond donors (Lipinski definition) is 2. The van der Waals surface area contributed by atoms with Crippen molar-refractivity contribution in [2.24, 2.45) is 0 Å². The van der Waals surface area contributed by atoms with Gasteiger partial charge in [-0.1, -0.05) is 50.6 Å². The number of hydrogen-bond acceptors (Lipinski definition) is 6. The summed E-state index contributed by atoms with van der Waals surface area (Å²) >= 11 is 1.34. The van der Waals surface area contributed by atoms with Crippen molar-refractivity contribution < 1.29 is 0 Å². The summed E-state index contributed by atoms with van der Waals surface area (Å²) in [4.78, 5) is 9.35. The lowest BCUT2D eigenvalue weighted by Crippen LogP contribution is -2.13. The molecule has 0 atom stereocenters. The minimum Gasteiger partial charge on any atom is -0.383 e. The average Bonchev–Trinajstić information content (AvgIpc) is 3.07. The normalized spacial score (nSPS) is 11.4. The van der Waals surface area contributed by atoms with Gasteiger partial charge in [0.1, 0.15) is 28.8 Å². The molecule has 0 aliphatic heterocycles. The summed E-state index contributed by atoms with van der Waals surface area (Å²) in [6.07, 6.45) is 4.35. The molecule has 0 aliphatic carbocycles. The summed E-state index contributed by atoms with van der Waals surface area (Å²) < 4.78 is 5.38. The van der Waals surface area contributed by atoms with Crippen molar-refractivity contribution in [3.05, 3.63) is 46.8 Å². The maximum atomic E-state index is 9.71. The van der Waals surface area contributed by atoms with E-state index in [1.165, 1.54) is 23.8 Å². The fraction of sp³-hybridized carbons (Fsp3) is 0.375. The molecule has 0 saturated heterocycles. The van der Waals surface area contributed by atoms with E-state index in [1.807, 2.05) is 33.8 Å². The Balaban J connectivity index is 0.00000166. The van der Waals surface area contributed by atoms with Gasteiger partial charge in [-0.25, -0.2) is 9.97 Å². The molecule has 0 bridgehead atoms. The lowest BCUT2D eigenvalue weighted by molar-refractivity contribution is 0.692. The van der Waals surface area contributed by atoms with E-state index in [1.54, 1.807) is 0 Å². The number of anilines is 1. The quantitative estimate of drug-likeness (QED) is 0.352. The van der Waals surface area contributed by atoms with Crippen LogP contribution in [0.4, 0.5) is 5.82 Å². The van der Waals surface area contributed by atoms with Crippen LogP contribution in [0.5, 0.6) is 0 Å². The standard InChI is InChI=1S/C22H26N6S.C2H6/c1-5-10-28-18(11-17(12-23)29-27-14(2)3)19(16-8-6-15(4)7-9-16)20-21(24)25-13-26-22(20)28;1-2/h6-9,11,13-14,27H,5,10H2,1-4H3,(H2,24,25,26);1-2H3/b17-11+;. The number of aromatic nitrogens is 3. The summed E-state index contributed by atoms with van der Waals surface area (Å²) in [5.74, 6) is 0.446. The zero-order chi connectivity index (χ0) is 23.0. The second-order valence-corrected chi connectivity index (χ2v) is 8.11. The summed E-state index contributed by atoms with van der Waals surface area (Å²) in [7, 11) is 0. The molecule has 3 N–H and O–H groups in total. The number of benzene rings is 1. The number of allylic oxidation sites excluding steroid dienone is 1. The van der Waals surface area contributed by atoms with Crippen LogP contribution in [0.2, 0.25) is 0 Å². The number of aryl methyl sites for hydroxylation is 2. The summed E-state index contributed by atoms with van der Waals surface area (Å²) in [5, 5.41) is 10.5. The molecule has 0 amide bonds. The van der Waals surface area contributed by atoms with Crippen molar-refractivity contribution in [3.63, 3.8) is 0 Å². The fourth-order valence-electron chi connectivity index (χ4n) is 3.21. The Bertz CT molecular complexity index is 1070. The van der Waals surface area contributed by atoms with Gasteiger partial charge in [0.15, 0.2) is 0 Å². The molecule has 1 aromatic carbocycles. The molecule has 164 valence electrons. The molecule has 31 heavy (non-hydrogen) atoms. The molecule has 0 fully saturated rings. The van der Waals surface area contributed by atoms with Crippen LogP contribution >= 0.6 is 11.9 Å². The van der Waals surface area contributed by atoms with Crippen molar-refractivity contribution in [1.82, 2.24) is 19.3 Å². The molecular formula is C24H32N6S. The molecule has 0 spiro atoms. The van der Waals surface area contributed by atoms with Gasteiger partial charge in [-0.05, 0) is 50.8 Å². The van der Waals surface area contributed by atoms with Gasteiger partial charge < -0.3 is 10.3 Å². The zero-order valence-corrected chi connectivity index (χ0v) is 20.0. The van der Waals surface area contributed by atoms with Gasteiger partial charge in [0.25, 0.3) is 0 Å². The van der Waals surface area contributed by atoms with E-state index in [9.17, 15) is 5.26 Å². The molecule has 0 saturated carbocycles. The number of fused-ring (bicyclic) bond motifs is 1. The lowest BCUT2D eigenvalue weighted by Gasteiger charge is -2.10. The van der Waals surface area contributed by atoms with Crippen LogP contribution in [0.1, 0.15) is 52.3 Å². The third-order valence-corrected chi connectivity index (χ3v) is 5.50. The Labute approximate surface area is 189 Å². The van der Waals surface area contributed by atoms with E-state index in [2.05, 4.69) is 63.4 Å². The maximum absolute atomic E-state index is 9.71. The maximum Gasteiger partial charge on any atom is 0.146 e. The largest absolute Gasteiger partial charge is 0.383 e. The second-order valence-electron chi connectivity index (χ2n) is 7.23. The number of nitrogens with zero attached hydrogens (tertiary/aromatic N) is 4. The van der Waals surface area contributed by atoms with Crippen molar-refractivity contribution in [1.29, 1.82) is 5.26 Å². The predicted octanol–water partition coefficient (Wildman–Crippen LogP) is 5.94. The second kappa shape index (κ2) is 11.5. The smallest absolute Gasteiger partial charge is 0.146 e. The molecule has 3 aromatic rings. The Morgan fingerprint density at radius 2 is 1.94 bits per heavy atom. The molecule has 3 rings (SSSR count). The molecule has 0 aliphatic rings. The minimum absolute atomic E-state index is 0.260. The van der Waals surface area contributed by atoms with Gasteiger partial charge in [-0.2, -0.15) is 5.26 Å². The van der Waals surface area contributed by atoms with Gasteiger partial charge in [-0.3, -0.25) is 4.72 Å². The van der Waals surface area contributed by atoms with Gasteiger partial charge in [-0.15, -0.1) is 0 Å². The Morgan fingerprint density at radius 1 is 1.26 bits per heavy atom. The Kier molecular flexibility index (Phi) is 9.10. The third-order valence-electron chi connectivity index (χ3n) is 4.48. The van der Waals surface area contributed by atoms with E-state index in [0.29, 0.717) is 10.7 Å². The minimum atomic E-state index is 0.260. The van der Waals surface area contributed by atoms with E-state index < -0.39 is 0 Å². The van der Waals surface area contributed by atoms with Crippen LogP contribution in [0.25, 0.3) is 28.2 Å². The van der Waals surface area contributed by atoms with Gasteiger partial charge in [0, 0.05) is 18.2 Å². The molecule has 2 heterocycles. The van der Waals surface area contributed by atoms with Crippen LogP contribution in [0, 0.1) is 18.3 Å². The van der Waals surface area contributed by atoms with Gasteiger partial charge in [0.2, 0.25) is 0 Å². The number of nitrogen functional groups attached to an aromatic ring is 1. The number of nitrogens with one attached hydrogen (secondary N) is 1. The first-order chi connectivity index (χ1) is 15.0. The van der Waals surface area contributed by atoms with Crippen LogP contribution in [-0.4, -0.2) is 20.6 Å². The SMILES string of the molecule is CC.CCCn1c(/C=C(\C#N)SNC(C)C)c(-c2ccc(C)cc2)c2c(N)ncnc21. The van der Waals surface area contributed by atoms with Crippen molar-refractivity contribution >= 4 is 34.9 Å². The van der Waals surface area contributed by atoms with Crippen molar-refractivity contribution in [2.75, 3.05) is 5.73 Å². The van der Waals surface area contributed by atoms with Gasteiger partial charge in [0.05, 0.1) is 11.1 Å². The third kappa shape index (κ3) is 5.66. The lowest BCUT2D eigenvalue weighted by atomic mass is 10.0. The zero-order valence-electron chi connectivity index (χ0n) is 19.2. The van der Waals surface area contributed by atoms with E-state index in [4.69, 9.17) is 5.73 Å². The molecule has 7 heteroatoms. The van der Waals surface area contributed by atoms with Crippen LogP contribution in [0.3, 0.4) is 0 Å². The Hall–Kier alpha value is -2.82. The Morgan fingerprint density at radius 3 is 2.52 bits per heavy atom. The summed E-state index contributed by atoms with van der Waals surface area (Å²) in [6.45, 7) is 13.0. The molecule has 0 radical (unpaired) electrons. The monoisotopic (exact) mass is 436 g/mol. The molecule has 6 nitrogen and oxygen atoms in total. The average molecular weight is 437 g/mol. The first kappa shape index (κ1) is 24.4. The summed E-state index contributed by atoms with van der Waals surface area (Å²) in [5.41, 5.74) is 11.2. The van der Waals surface area contributed by atoms with Crippen LogP contribution in [0.15, 0.2) is 35.5 Å². The molecule has 0 unspecified atom stereocenters. The number of nitriles is 1. The molecule has 2 aromatic heterocycles. The van der Waals surface area contributed by atoms with E-state index >= 15 is 0 Å². The fourth-order valence-corrected chi connectivity index (χ4v) is 3.79. The molecular weight excluding hydrogens is 404 g/mol. The van der Waals surface area contributed by atoms with E-state index in [-0.39, 0.29) is 6.04 Å². The highest BCUT2D eigenvalue weighted by molar-refractivity contribution is 8.01. The van der Waals surface area contributed by atoms with E-state index in [0.717, 1.165) is 40.8 Å². The van der Waals surface area contributed by atoms with Crippen LogP contribution in [-0.2, 0) is 6.54 Å². The van der Waals surface area contributed by atoms with Crippen LogP contribution < -0.4 is 10.5 Å².